The second-order valence-corrected chi connectivity index (χ2v) is 8.22. The summed E-state index contributed by atoms with van der Waals surface area (Å²) in [6.07, 6.45) is 6.96. The van der Waals surface area contributed by atoms with E-state index in [4.69, 9.17) is 26.4 Å². The van der Waals surface area contributed by atoms with E-state index in [1.54, 1.807) is 0 Å². The van der Waals surface area contributed by atoms with Gasteiger partial charge in [0.1, 0.15) is 11.5 Å². The van der Waals surface area contributed by atoms with Crippen molar-refractivity contribution in [3.05, 3.63) is 41.6 Å². The maximum atomic E-state index is 11.8. The Morgan fingerprint density at radius 1 is 1.17 bits per heavy atom. The van der Waals surface area contributed by atoms with E-state index in [-0.39, 0.29) is 12.5 Å². The molecule has 9 nitrogen and oxygen atoms in total. The summed E-state index contributed by atoms with van der Waals surface area (Å²) in [7, 11) is 0. The molecule has 0 aliphatic carbocycles. The van der Waals surface area contributed by atoms with E-state index >= 15 is 0 Å². The Hall–Kier alpha value is -3.07. The first-order valence-corrected chi connectivity index (χ1v) is 10.5. The van der Waals surface area contributed by atoms with Crippen LogP contribution >= 0.6 is 0 Å². The first-order chi connectivity index (χ1) is 14.6. The molecule has 0 saturated carbocycles. The monoisotopic (exact) mass is 406 g/mol. The van der Waals surface area contributed by atoms with E-state index in [1.165, 1.54) is 0 Å². The van der Waals surface area contributed by atoms with Crippen LogP contribution < -0.4 is 21.3 Å². The van der Waals surface area contributed by atoms with Crippen LogP contribution in [0.1, 0.15) is 36.3 Å². The third-order valence-electron chi connectivity index (χ3n) is 6.59. The number of nitrogens with zero attached hydrogens (tertiary/aromatic N) is 6. The number of piperidine rings is 1. The van der Waals surface area contributed by atoms with Gasteiger partial charge < -0.3 is 21.3 Å². The highest BCUT2D eigenvalue weighted by atomic mass is 16.1. The summed E-state index contributed by atoms with van der Waals surface area (Å²) in [5.41, 5.74) is 14.8. The van der Waals surface area contributed by atoms with E-state index in [0.29, 0.717) is 32.5 Å². The number of aromatic nitrogens is 3. The molecule has 0 spiro atoms. The second-order valence-electron chi connectivity index (χ2n) is 8.22. The van der Waals surface area contributed by atoms with Gasteiger partial charge in [-0.15, -0.1) is 0 Å². The fraction of sp³-hybridized carbons (Fsp3) is 0.476. The predicted octanol–water partition coefficient (Wildman–Crippen LogP) is 0.615. The van der Waals surface area contributed by atoms with Crippen molar-refractivity contribution >= 4 is 23.2 Å². The number of hydrogen-bond acceptors (Lipinski definition) is 8. The number of amidine groups is 1. The Balaban J connectivity index is 1.36. The summed E-state index contributed by atoms with van der Waals surface area (Å²) in [5.74, 6) is 1.40. The molecule has 3 aliphatic rings. The molecule has 0 radical (unpaired) electrons. The molecule has 30 heavy (non-hydrogen) atoms. The number of rotatable bonds is 3. The standard InChI is InChI=1S/C21H26N8O/c22-13-21(20(23)30)5-9-28(10-6-21)17-12-25-18-15(27-17)11-26-19(18)29-8-2-3-14-16(29)4-1-7-24-14/h1,4,7,12H,2-3,5-6,8-11,13,22H2,(H2,23,30). The zero-order chi connectivity index (χ0) is 20.7. The molecule has 156 valence electrons. The van der Waals surface area contributed by atoms with Crippen LogP contribution in [0.15, 0.2) is 29.5 Å². The van der Waals surface area contributed by atoms with E-state index in [9.17, 15) is 4.79 Å². The van der Waals surface area contributed by atoms with Crippen LogP contribution in [0.5, 0.6) is 0 Å². The van der Waals surface area contributed by atoms with Crippen molar-refractivity contribution in [2.45, 2.75) is 32.2 Å². The summed E-state index contributed by atoms with van der Waals surface area (Å²) >= 11 is 0. The third kappa shape index (κ3) is 3.00. The van der Waals surface area contributed by atoms with Gasteiger partial charge in [0.25, 0.3) is 0 Å². The number of carbonyl (C=O) groups is 1. The van der Waals surface area contributed by atoms with Crippen LogP contribution in [0.4, 0.5) is 11.5 Å². The summed E-state index contributed by atoms with van der Waals surface area (Å²) in [6, 6.07) is 4.06. The summed E-state index contributed by atoms with van der Waals surface area (Å²) < 4.78 is 0. The molecule has 0 unspecified atom stereocenters. The number of anilines is 2. The zero-order valence-electron chi connectivity index (χ0n) is 16.9. The van der Waals surface area contributed by atoms with E-state index in [0.717, 1.165) is 53.8 Å². The lowest BCUT2D eigenvalue weighted by Crippen LogP contribution is -2.51. The van der Waals surface area contributed by atoms with Crippen LogP contribution in [0, 0.1) is 5.41 Å². The molecule has 9 heteroatoms. The first kappa shape index (κ1) is 18.9. The normalized spacial score (nSPS) is 19.8. The van der Waals surface area contributed by atoms with Crippen LogP contribution in [0.25, 0.3) is 0 Å². The smallest absolute Gasteiger partial charge is 0.225 e. The molecular formula is C21H26N8O. The van der Waals surface area contributed by atoms with Gasteiger partial charge in [0.05, 0.1) is 35.2 Å². The van der Waals surface area contributed by atoms with Gasteiger partial charge in [0.15, 0.2) is 5.84 Å². The molecule has 1 fully saturated rings. The number of pyridine rings is 1. The zero-order valence-corrected chi connectivity index (χ0v) is 16.9. The maximum absolute atomic E-state index is 11.8. The van der Waals surface area contributed by atoms with E-state index in [2.05, 4.69) is 20.9 Å². The van der Waals surface area contributed by atoms with Crippen LogP contribution in [0.3, 0.4) is 0 Å². The average Bonchev–Trinajstić information content (AvgIpc) is 3.21. The average molecular weight is 406 g/mol. The molecular weight excluding hydrogens is 380 g/mol. The number of aryl methyl sites for hydroxylation is 1. The number of primary amides is 1. The highest BCUT2D eigenvalue weighted by Crippen LogP contribution is 2.33. The quantitative estimate of drug-likeness (QED) is 0.765. The number of hydrogen-bond donors (Lipinski definition) is 2. The Morgan fingerprint density at radius 3 is 2.77 bits per heavy atom. The number of nitrogens with two attached hydrogens (primary N) is 2. The van der Waals surface area contributed by atoms with E-state index < -0.39 is 5.41 Å². The summed E-state index contributed by atoms with van der Waals surface area (Å²) in [6.45, 7) is 3.09. The van der Waals surface area contributed by atoms with Gasteiger partial charge in [-0.05, 0) is 37.8 Å². The predicted molar refractivity (Wildman–Crippen MR) is 114 cm³/mol. The molecule has 2 aromatic rings. The number of fused-ring (bicyclic) bond motifs is 2. The van der Waals surface area contributed by atoms with Gasteiger partial charge in [-0.25, -0.2) is 9.97 Å². The molecule has 5 rings (SSSR count). The van der Waals surface area contributed by atoms with Crippen molar-refractivity contribution in [1.29, 1.82) is 0 Å². The van der Waals surface area contributed by atoms with Crippen molar-refractivity contribution < 1.29 is 4.79 Å². The molecule has 1 amide bonds. The third-order valence-corrected chi connectivity index (χ3v) is 6.59. The largest absolute Gasteiger partial charge is 0.369 e. The fourth-order valence-electron chi connectivity index (χ4n) is 4.63. The Bertz CT molecular complexity index is 1010. The lowest BCUT2D eigenvalue weighted by atomic mass is 9.78. The minimum Gasteiger partial charge on any atom is -0.369 e. The minimum absolute atomic E-state index is 0.287. The number of aliphatic imine (C=N–C) groups is 1. The number of amides is 1. The second kappa shape index (κ2) is 7.32. The topological polar surface area (TPSA) is 127 Å². The highest BCUT2D eigenvalue weighted by Gasteiger charge is 2.39. The molecule has 0 aromatic carbocycles. The highest BCUT2D eigenvalue weighted by molar-refractivity contribution is 6.11. The lowest BCUT2D eigenvalue weighted by molar-refractivity contribution is -0.128. The minimum atomic E-state index is -0.605. The van der Waals surface area contributed by atoms with Gasteiger partial charge in [-0.3, -0.25) is 14.8 Å². The van der Waals surface area contributed by atoms with Crippen LogP contribution in [-0.2, 0) is 17.8 Å². The summed E-state index contributed by atoms with van der Waals surface area (Å²) in [4.78, 5) is 35.1. The lowest BCUT2D eigenvalue weighted by Gasteiger charge is -2.39. The Morgan fingerprint density at radius 2 is 2.00 bits per heavy atom. The summed E-state index contributed by atoms with van der Waals surface area (Å²) in [5, 5.41) is 0. The van der Waals surface area contributed by atoms with E-state index in [1.807, 2.05) is 18.5 Å². The maximum Gasteiger partial charge on any atom is 0.225 e. The molecule has 3 aliphatic heterocycles. The van der Waals surface area contributed by atoms with Gasteiger partial charge in [0.2, 0.25) is 5.91 Å². The van der Waals surface area contributed by atoms with Crippen molar-refractivity contribution in [1.82, 2.24) is 15.0 Å². The van der Waals surface area contributed by atoms with Crippen molar-refractivity contribution in [3.63, 3.8) is 0 Å². The van der Waals surface area contributed by atoms with Crippen molar-refractivity contribution in [3.8, 4) is 0 Å². The molecule has 2 aromatic heterocycles. The molecule has 0 atom stereocenters. The van der Waals surface area contributed by atoms with Crippen molar-refractivity contribution in [2.75, 3.05) is 36.0 Å². The molecule has 5 heterocycles. The number of carbonyl (C=O) groups excluding carboxylic acids is 1. The SMILES string of the molecule is NCC1(C(N)=O)CCN(c2cnc3c(n2)CN=C3N2CCCc3ncccc32)CC1. The van der Waals surface area contributed by atoms with Gasteiger partial charge in [-0.1, -0.05) is 0 Å². The van der Waals surface area contributed by atoms with Gasteiger partial charge in [0, 0.05) is 32.4 Å². The fourth-order valence-corrected chi connectivity index (χ4v) is 4.63. The Kier molecular flexibility index (Phi) is 4.62. The molecule has 1 saturated heterocycles. The van der Waals surface area contributed by atoms with Crippen LogP contribution in [0.2, 0.25) is 0 Å². The Labute approximate surface area is 175 Å². The van der Waals surface area contributed by atoms with Gasteiger partial charge in [-0.2, -0.15) is 0 Å². The molecule has 4 N–H and O–H groups in total. The van der Waals surface area contributed by atoms with Crippen molar-refractivity contribution in [2.24, 2.45) is 21.9 Å². The van der Waals surface area contributed by atoms with Gasteiger partial charge >= 0.3 is 0 Å². The van der Waals surface area contributed by atoms with Crippen LogP contribution in [-0.4, -0.2) is 52.9 Å². The molecule has 0 bridgehead atoms. The first-order valence-electron chi connectivity index (χ1n) is 10.5.